The van der Waals surface area contributed by atoms with Crippen LogP contribution in [0, 0.1) is 0 Å². The molecule has 0 unspecified atom stereocenters. The molecule has 2 aromatic carbocycles. The van der Waals surface area contributed by atoms with Crippen LogP contribution in [-0.4, -0.2) is 11.0 Å². The van der Waals surface area contributed by atoms with Gasteiger partial charge in [-0.25, -0.2) is 4.79 Å². The van der Waals surface area contributed by atoms with Crippen LogP contribution in [0.4, 0.5) is 13.2 Å². The Bertz CT molecular complexity index is 1010. The van der Waals surface area contributed by atoms with E-state index in [1.165, 1.54) is 12.1 Å². The Balaban J connectivity index is 1.66. The molecule has 0 bridgehead atoms. The van der Waals surface area contributed by atoms with Crippen LogP contribution in [0.3, 0.4) is 0 Å². The quantitative estimate of drug-likeness (QED) is 0.315. The molecule has 0 aliphatic rings. The second-order valence-corrected chi connectivity index (χ2v) is 6.52. The van der Waals surface area contributed by atoms with Gasteiger partial charge >= 0.3 is 12.1 Å². The fourth-order valence-corrected chi connectivity index (χ4v) is 2.70. The highest BCUT2D eigenvalue weighted by molar-refractivity contribution is 5.94. The minimum absolute atomic E-state index is 0.149. The number of pyridine rings is 1. The van der Waals surface area contributed by atoms with Crippen molar-refractivity contribution < 1.29 is 22.7 Å². The van der Waals surface area contributed by atoms with Crippen molar-refractivity contribution in [2.24, 2.45) is 0 Å². The van der Waals surface area contributed by atoms with Gasteiger partial charge in [0, 0.05) is 18.0 Å². The highest BCUT2D eigenvalue weighted by Crippen LogP contribution is 2.31. The highest BCUT2D eigenvalue weighted by atomic mass is 19.4. The summed E-state index contributed by atoms with van der Waals surface area (Å²) in [6.45, 7) is 1.56. The van der Waals surface area contributed by atoms with Crippen LogP contribution in [0.25, 0.3) is 6.08 Å². The summed E-state index contributed by atoms with van der Waals surface area (Å²) in [5.74, 6) is -0.854. The average molecular weight is 397 g/mol. The van der Waals surface area contributed by atoms with Crippen molar-refractivity contribution >= 4 is 12.0 Å². The Labute approximate surface area is 166 Å². The van der Waals surface area contributed by atoms with Crippen LogP contribution in [0.1, 0.15) is 29.2 Å². The molecule has 29 heavy (non-hydrogen) atoms. The van der Waals surface area contributed by atoms with Crippen molar-refractivity contribution in [3.63, 3.8) is 0 Å². The van der Waals surface area contributed by atoms with E-state index in [9.17, 15) is 18.0 Å². The molecule has 1 heterocycles. The number of carbonyl (C=O) groups excluding carboxylic acids is 1. The van der Waals surface area contributed by atoms with Crippen molar-refractivity contribution in [2.75, 3.05) is 0 Å². The van der Waals surface area contributed by atoms with Gasteiger partial charge in [-0.05, 0) is 60.4 Å². The van der Waals surface area contributed by atoms with Crippen LogP contribution in [0.2, 0.25) is 0 Å². The van der Waals surface area contributed by atoms with Gasteiger partial charge < -0.3 is 4.74 Å². The van der Waals surface area contributed by atoms with Crippen molar-refractivity contribution in [1.29, 1.82) is 0 Å². The van der Waals surface area contributed by atoms with E-state index in [-0.39, 0.29) is 11.3 Å². The van der Waals surface area contributed by atoms with Gasteiger partial charge in [0.1, 0.15) is 5.75 Å². The Kier molecular flexibility index (Phi) is 6.12. The third kappa shape index (κ3) is 5.78. The number of carbonyl (C=O) groups is 1. The summed E-state index contributed by atoms with van der Waals surface area (Å²) in [7, 11) is 0. The molecule has 0 N–H and O–H groups in total. The van der Waals surface area contributed by atoms with E-state index in [0.717, 1.165) is 35.2 Å². The van der Waals surface area contributed by atoms with Crippen LogP contribution >= 0.6 is 0 Å². The molecule has 3 aromatic rings. The molecule has 6 heteroatoms. The van der Waals surface area contributed by atoms with E-state index in [2.05, 4.69) is 4.98 Å². The SMILES string of the molecule is CC(=Cc1ccc(Cc2cccnc2)cc1)C(=O)Oc1cccc(C(F)(F)F)c1. The number of aromatic nitrogens is 1. The number of hydrogen-bond acceptors (Lipinski definition) is 3. The molecule has 0 radical (unpaired) electrons. The molecular weight excluding hydrogens is 379 g/mol. The lowest BCUT2D eigenvalue weighted by Crippen LogP contribution is -2.10. The van der Waals surface area contributed by atoms with Gasteiger partial charge in [-0.3, -0.25) is 4.98 Å². The summed E-state index contributed by atoms with van der Waals surface area (Å²) < 4.78 is 43.4. The first-order valence-electron chi connectivity index (χ1n) is 8.87. The summed E-state index contributed by atoms with van der Waals surface area (Å²) in [6, 6.07) is 15.7. The van der Waals surface area contributed by atoms with E-state index in [4.69, 9.17) is 4.74 Å². The van der Waals surface area contributed by atoms with E-state index in [1.807, 2.05) is 42.6 Å². The summed E-state index contributed by atoms with van der Waals surface area (Å²) >= 11 is 0. The molecular formula is C23H18F3NO2. The van der Waals surface area contributed by atoms with E-state index < -0.39 is 17.7 Å². The number of alkyl halides is 3. The number of benzene rings is 2. The van der Waals surface area contributed by atoms with Crippen molar-refractivity contribution in [3.8, 4) is 5.75 Å². The molecule has 148 valence electrons. The third-order valence-corrected chi connectivity index (χ3v) is 4.19. The van der Waals surface area contributed by atoms with Crippen molar-refractivity contribution in [2.45, 2.75) is 19.5 Å². The monoisotopic (exact) mass is 397 g/mol. The molecule has 1 aromatic heterocycles. The van der Waals surface area contributed by atoms with E-state index in [0.29, 0.717) is 0 Å². The van der Waals surface area contributed by atoms with Gasteiger partial charge in [0.2, 0.25) is 0 Å². The number of rotatable bonds is 5. The van der Waals surface area contributed by atoms with Crippen LogP contribution in [0.5, 0.6) is 5.75 Å². The lowest BCUT2D eigenvalue weighted by atomic mass is 10.0. The summed E-state index contributed by atoms with van der Waals surface area (Å²) in [6.07, 6.45) is 1.41. The first-order valence-corrected chi connectivity index (χ1v) is 8.87. The van der Waals surface area contributed by atoms with Gasteiger partial charge in [0.15, 0.2) is 0 Å². The van der Waals surface area contributed by atoms with Crippen LogP contribution in [-0.2, 0) is 17.4 Å². The standard InChI is InChI=1S/C23H18F3NO2/c1-16(22(28)29-21-6-2-5-20(14-21)23(24,25)26)12-17-7-9-18(10-8-17)13-19-4-3-11-27-15-19/h2-12,14-15H,13H2,1H3. The van der Waals surface area contributed by atoms with E-state index in [1.54, 1.807) is 19.2 Å². The Morgan fingerprint density at radius 2 is 1.79 bits per heavy atom. The van der Waals surface area contributed by atoms with Crippen LogP contribution < -0.4 is 4.74 Å². The van der Waals surface area contributed by atoms with Crippen molar-refractivity contribution in [1.82, 2.24) is 4.98 Å². The van der Waals surface area contributed by atoms with E-state index >= 15 is 0 Å². The molecule has 0 saturated carbocycles. The largest absolute Gasteiger partial charge is 0.423 e. The number of esters is 1. The zero-order valence-corrected chi connectivity index (χ0v) is 15.6. The van der Waals surface area contributed by atoms with Crippen LogP contribution in [0.15, 0.2) is 78.6 Å². The highest BCUT2D eigenvalue weighted by Gasteiger charge is 2.30. The maximum Gasteiger partial charge on any atom is 0.416 e. The normalized spacial score (nSPS) is 11.9. The number of halogens is 3. The second-order valence-electron chi connectivity index (χ2n) is 6.52. The predicted octanol–water partition coefficient (Wildman–Crippen LogP) is 5.70. The molecule has 0 atom stereocenters. The summed E-state index contributed by atoms with van der Waals surface area (Å²) in [4.78, 5) is 16.3. The smallest absolute Gasteiger partial charge is 0.416 e. The lowest BCUT2D eigenvalue weighted by molar-refractivity contribution is -0.138. The lowest BCUT2D eigenvalue weighted by Gasteiger charge is -2.09. The summed E-state index contributed by atoms with van der Waals surface area (Å²) in [5, 5.41) is 0. The van der Waals surface area contributed by atoms with Gasteiger partial charge in [-0.1, -0.05) is 36.4 Å². The number of nitrogens with zero attached hydrogens (tertiary/aromatic N) is 1. The van der Waals surface area contributed by atoms with Gasteiger partial charge in [-0.2, -0.15) is 13.2 Å². The Hall–Kier alpha value is -3.41. The minimum Gasteiger partial charge on any atom is -0.423 e. The molecule has 0 saturated heterocycles. The first-order chi connectivity index (χ1) is 13.8. The molecule has 0 amide bonds. The van der Waals surface area contributed by atoms with Gasteiger partial charge in [0.25, 0.3) is 0 Å². The zero-order valence-electron chi connectivity index (χ0n) is 15.6. The van der Waals surface area contributed by atoms with Crippen molar-refractivity contribution in [3.05, 3.63) is 101 Å². The Morgan fingerprint density at radius 1 is 1.03 bits per heavy atom. The molecule has 3 nitrogen and oxygen atoms in total. The number of ether oxygens (including phenoxy) is 1. The molecule has 0 aliphatic carbocycles. The third-order valence-electron chi connectivity index (χ3n) is 4.19. The predicted molar refractivity (Wildman–Crippen MR) is 104 cm³/mol. The fourth-order valence-electron chi connectivity index (χ4n) is 2.70. The van der Waals surface area contributed by atoms with Gasteiger partial charge in [0.05, 0.1) is 5.56 Å². The summed E-state index contributed by atoms with van der Waals surface area (Å²) in [5.41, 5.74) is 2.39. The minimum atomic E-state index is -4.50. The Morgan fingerprint density at radius 3 is 2.45 bits per heavy atom. The average Bonchev–Trinajstić information content (AvgIpc) is 2.70. The second kappa shape index (κ2) is 8.73. The molecule has 0 aliphatic heterocycles. The maximum absolute atomic E-state index is 12.8. The zero-order chi connectivity index (χ0) is 20.9. The molecule has 3 rings (SSSR count). The topological polar surface area (TPSA) is 39.2 Å². The fraction of sp³-hybridized carbons (Fsp3) is 0.130. The molecule has 0 spiro atoms. The molecule has 0 fully saturated rings. The maximum atomic E-state index is 12.8. The first kappa shape index (κ1) is 20.3. The van der Waals surface area contributed by atoms with Gasteiger partial charge in [-0.15, -0.1) is 0 Å². The number of hydrogen-bond donors (Lipinski definition) is 0.